The number of carbonyl (C=O) groups excluding carboxylic acids is 1. The van der Waals surface area contributed by atoms with Crippen molar-refractivity contribution in [2.24, 2.45) is 0 Å². The Hall–Kier alpha value is -2.00. The van der Waals surface area contributed by atoms with Gasteiger partial charge in [-0.3, -0.25) is 4.79 Å². The molecule has 9 heteroatoms. The molecule has 7 nitrogen and oxygen atoms in total. The molecule has 0 fully saturated rings. The van der Waals surface area contributed by atoms with E-state index in [1.807, 2.05) is 26.8 Å². The topological polar surface area (TPSA) is 85.1 Å². The molecule has 3 rings (SSSR count). The number of nitrogens with zero attached hydrogens (tertiary/aromatic N) is 5. The Labute approximate surface area is 147 Å². The van der Waals surface area contributed by atoms with Crippen LogP contribution in [0.1, 0.15) is 33.3 Å². The Morgan fingerprint density at radius 3 is 2.88 bits per heavy atom. The van der Waals surface area contributed by atoms with E-state index in [1.54, 1.807) is 33.7 Å². The first-order chi connectivity index (χ1) is 11.5. The zero-order valence-corrected chi connectivity index (χ0v) is 15.4. The largest absolute Gasteiger partial charge is 0.351 e. The molecule has 1 N–H and O–H groups in total. The average Bonchev–Trinajstić information content (AvgIpc) is 3.12. The lowest BCUT2D eigenvalue weighted by atomic mass is 10.3. The van der Waals surface area contributed by atoms with Gasteiger partial charge in [0.1, 0.15) is 10.7 Å². The molecule has 0 aliphatic heterocycles. The molecule has 1 amide bonds. The molecule has 0 atom stereocenters. The summed E-state index contributed by atoms with van der Waals surface area (Å²) in [6.45, 7) is 6.37. The zero-order valence-electron chi connectivity index (χ0n) is 13.7. The van der Waals surface area contributed by atoms with Crippen molar-refractivity contribution < 1.29 is 4.79 Å². The molecule has 0 aromatic carbocycles. The first-order valence-corrected chi connectivity index (χ1v) is 9.38. The van der Waals surface area contributed by atoms with Crippen LogP contribution in [0.5, 0.6) is 0 Å². The van der Waals surface area contributed by atoms with Crippen molar-refractivity contribution in [1.29, 1.82) is 0 Å². The van der Waals surface area contributed by atoms with E-state index in [9.17, 15) is 4.79 Å². The average molecular weight is 362 g/mol. The number of fused-ring (bicyclic) bond motifs is 1. The highest BCUT2D eigenvalue weighted by atomic mass is 32.2. The molecule has 0 radical (unpaired) electrons. The summed E-state index contributed by atoms with van der Waals surface area (Å²) in [7, 11) is 0. The van der Waals surface area contributed by atoms with Gasteiger partial charge in [0, 0.05) is 24.1 Å². The lowest BCUT2D eigenvalue weighted by molar-refractivity contribution is 0.0949. The fraction of sp³-hybridized carbons (Fsp3) is 0.400. The van der Waals surface area contributed by atoms with E-state index in [1.165, 1.54) is 0 Å². The number of rotatable bonds is 6. The predicted molar refractivity (Wildman–Crippen MR) is 94.8 cm³/mol. The number of hydrogen-bond donors (Lipinski definition) is 1. The molecule has 126 valence electrons. The molecule has 0 saturated carbocycles. The van der Waals surface area contributed by atoms with Gasteiger partial charge in [-0.05, 0) is 33.3 Å². The summed E-state index contributed by atoms with van der Waals surface area (Å²) < 4.78 is 2.71. The Kier molecular flexibility index (Phi) is 5.10. The van der Waals surface area contributed by atoms with Gasteiger partial charge < -0.3 is 5.32 Å². The smallest absolute Gasteiger partial charge is 0.270 e. The van der Waals surface area contributed by atoms with Gasteiger partial charge in [0.15, 0.2) is 9.99 Å². The van der Waals surface area contributed by atoms with E-state index in [-0.39, 0.29) is 5.91 Å². The second kappa shape index (κ2) is 7.27. The molecule has 0 saturated heterocycles. The van der Waals surface area contributed by atoms with Crippen molar-refractivity contribution in [3.05, 3.63) is 34.2 Å². The van der Waals surface area contributed by atoms with Crippen LogP contribution in [-0.4, -0.2) is 43.0 Å². The van der Waals surface area contributed by atoms with Gasteiger partial charge >= 0.3 is 0 Å². The maximum atomic E-state index is 12.3. The van der Waals surface area contributed by atoms with Crippen molar-refractivity contribution in [3.8, 4) is 0 Å². The van der Waals surface area contributed by atoms with E-state index in [4.69, 9.17) is 0 Å². The Morgan fingerprint density at radius 1 is 1.29 bits per heavy atom. The van der Waals surface area contributed by atoms with Gasteiger partial charge in [0.25, 0.3) is 5.91 Å². The fourth-order valence-corrected chi connectivity index (χ4v) is 4.04. The molecule has 0 unspecified atom stereocenters. The number of nitrogens with one attached hydrogen (secondary N) is 1. The van der Waals surface area contributed by atoms with Crippen LogP contribution >= 0.6 is 23.1 Å². The molecule has 0 spiro atoms. The molecule has 24 heavy (non-hydrogen) atoms. The van der Waals surface area contributed by atoms with E-state index >= 15 is 0 Å². The van der Waals surface area contributed by atoms with E-state index in [0.717, 1.165) is 32.9 Å². The third kappa shape index (κ3) is 3.90. The monoisotopic (exact) mass is 362 g/mol. The number of carbonyl (C=O) groups is 1. The van der Waals surface area contributed by atoms with Gasteiger partial charge in [0.2, 0.25) is 0 Å². The van der Waals surface area contributed by atoms with Crippen LogP contribution in [0.15, 0.2) is 16.5 Å². The highest BCUT2D eigenvalue weighted by molar-refractivity contribution is 8.01. The maximum absolute atomic E-state index is 12.3. The number of thioether (sulfide) groups is 1. The van der Waals surface area contributed by atoms with E-state index in [0.29, 0.717) is 17.9 Å². The highest BCUT2D eigenvalue weighted by Crippen LogP contribution is 2.22. The first-order valence-electron chi connectivity index (χ1n) is 7.58. The van der Waals surface area contributed by atoms with Crippen molar-refractivity contribution in [2.75, 3.05) is 12.3 Å². The van der Waals surface area contributed by atoms with Gasteiger partial charge in [0.05, 0.1) is 5.69 Å². The predicted octanol–water partition coefficient (Wildman–Crippen LogP) is 2.42. The lowest BCUT2D eigenvalue weighted by Gasteiger charge is -2.06. The van der Waals surface area contributed by atoms with Crippen LogP contribution < -0.4 is 5.32 Å². The highest BCUT2D eigenvalue weighted by Gasteiger charge is 2.11. The number of amides is 1. The quantitative estimate of drug-likeness (QED) is 0.535. The minimum Gasteiger partial charge on any atom is -0.351 e. The van der Waals surface area contributed by atoms with Crippen LogP contribution in [0.25, 0.3) is 5.65 Å². The molecule has 3 aromatic heterocycles. The van der Waals surface area contributed by atoms with Crippen molar-refractivity contribution in [3.63, 3.8) is 0 Å². The third-order valence-electron chi connectivity index (χ3n) is 3.30. The molecule has 3 heterocycles. The minimum atomic E-state index is -0.156. The lowest BCUT2D eigenvalue weighted by Crippen LogP contribution is -2.26. The summed E-state index contributed by atoms with van der Waals surface area (Å²) >= 11 is 3.25. The molecular weight excluding hydrogens is 344 g/mol. The summed E-state index contributed by atoms with van der Waals surface area (Å²) in [5, 5.41) is 16.3. The van der Waals surface area contributed by atoms with Crippen LogP contribution in [-0.2, 0) is 0 Å². The number of hydrogen-bond acceptors (Lipinski definition) is 7. The SMILES string of the molecule is Cc1cc2nc(C(=O)NCCCSc3nnc(C)s3)cc(C)n2n1. The summed E-state index contributed by atoms with van der Waals surface area (Å²) in [5.74, 6) is 0.735. The molecular formula is C15H18N6OS2. The van der Waals surface area contributed by atoms with E-state index in [2.05, 4.69) is 25.6 Å². The molecule has 0 bridgehead atoms. The third-order valence-corrected chi connectivity index (χ3v) is 5.36. The fourth-order valence-electron chi connectivity index (χ4n) is 2.22. The van der Waals surface area contributed by atoms with E-state index < -0.39 is 0 Å². The van der Waals surface area contributed by atoms with Gasteiger partial charge in [-0.15, -0.1) is 10.2 Å². The number of aryl methyl sites for hydroxylation is 3. The molecule has 0 aliphatic carbocycles. The summed E-state index contributed by atoms with van der Waals surface area (Å²) in [6.07, 6.45) is 0.863. The summed E-state index contributed by atoms with van der Waals surface area (Å²) in [5.41, 5.74) is 2.89. The normalized spacial score (nSPS) is 11.1. The zero-order chi connectivity index (χ0) is 17.1. The van der Waals surface area contributed by atoms with Crippen LogP contribution in [0.2, 0.25) is 0 Å². The van der Waals surface area contributed by atoms with Gasteiger partial charge in [-0.1, -0.05) is 23.1 Å². The molecule has 3 aromatic rings. The number of aromatic nitrogens is 5. The van der Waals surface area contributed by atoms with Crippen molar-refractivity contribution in [2.45, 2.75) is 31.5 Å². The van der Waals surface area contributed by atoms with Crippen LogP contribution in [0, 0.1) is 20.8 Å². The Balaban J connectivity index is 1.51. The minimum absolute atomic E-state index is 0.156. The Morgan fingerprint density at radius 2 is 2.12 bits per heavy atom. The van der Waals surface area contributed by atoms with Crippen molar-refractivity contribution in [1.82, 2.24) is 30.1 Å². The second-order valence-electron chi connectivity index (χ2n) is 5.38. The summed E-state index contributed by atoms with van der Waals surface area (Å²) in [6, 6.07) is 3.62. The first kappa shape index (κ1) is 16.8. The van der Waals surface area contributed by atoms with Crippen molar-refractivity contribution >= 4 is 34.7 Å². The Bertz CT molecular complexity index is 872. The molecule has 0 aliphatic rings. The standard InChI is InChI=1S/C15H18N6OS2/c1-9-7-13-17-12(8-10(2)21(13)20-9)14(22)16-5-4-6-23-15-19-18-11(3)24-15/h7-8H,4-6H2,1-3H3,(H,16,22). The van der Waals surface area contributed by atoms with Gasteiger partial charge in [-0.2, -0.15) is 5.10 Å². The van der Waals surface area contributed by atoms with Gasteiger partial charge in [-0.25, -0.2) is 9.50 Å². The second-order valence-corrected chi connectivity index (χ2v) is 7.91. The van der Waals surface area contributed by atoms with Crippen LogP contribution in [0.3, 0.4) is 0 Å². The summed E-state index contributed by atoms with van der Waals surface area (Å²) in [4.78, 5) is 16.6. The maximum Gasteiger partial charge on any atom is 0.270 e. The van der Waals surface area contributed by atoms with Crippen LogP contribution in [0.4, 0.5) is 0 Å².